The molecule has 0 aromatic heterocycles. The SMILES string of the molecule is O=C(COc1ccc(F)cc1)OCC(=O)c1ccc2c(c1)OCCCO2. The average Bonchev–Trinajstić information content (AvgIpc) is 2.90. The number of halogens is 1. The lowest BCUT2D eigenvalue weighted by atomic mass is 10.1. The molecule has 0 unspecified atom stereocenters. The third-order valence-corrected chi connectivity index (χ3v) is 3.60. The first-order chi connectivity index (χ1) is 12.6. The van der Waals surface area contributed by atoms with Crippen molar-refractivity contribution in [3.8, 4) is 17.2 Å². The molecule has 1 aliphatic rings. The van der Waals surface area contributed by atoms with E-state index in [0.29, 0.717) is 36.0 Å². The molecule has 0 amide bonds. The van der Waals surface area contributed by atoms with Gasteiger partial charge in [0.05, 0.1) is 13.2 Å². The number of ketones is 1. The van der Waals surface area contributed by atoms with Gasteiger partial charge in [-0.3, -0.25) is 4.79 Å². The number of rotatable bonds is 6. The van der Waals surface area contributed by atoms with Crippen LogP contribution in [0.4, 0.5) is 4.39 Å². The van der Waals surface area contributed by atoms with Crippen LogP contribution < -0.4 is 14.2 Å². The van der Waals surface area contributed by atoms with E-state index in [-0.39, 0.29) is 12.4 Å². The average molecular weight is 360 g/mol. The quantitative estimate of drug-likeness (QED) is 0.583. The van der Waals surface area contributed by atoms with Crippen molar-refractivity contribution in [2.45, 2.75) is 6.42 Å². The fraction of sp³-hybridized carbons (Fsp3) is 0.263. The first-order valence-corrected chi connectivity index (χ1v) is 8.08. The maximum absolute atomic E-state index is 12.8. The zero-order valence-corrected chi connectivity index (χ0v) is 13.9. The predicted octanol–water partition coefficient (Wildman–Crippen LogP) is 2.79. The lowest BCUT2D eigenvalue weighted by Gasteiger charge is -2.09. The molecular weight excluding hydrogens is 343 g/mol. The van der Waals surface area contributed by atoms with Crippen LogP contribution in [0.5, 0.6) is 17.2 Å². The zero-order valence-electron chi connectivity index (χ0n) is 13.9. The molecule has 3 rings (SSSR count). The molecule has 0 bridgehead atoms. The van der Waals surface area contributed by atoms with Gasteiger partial charge in [0.1, 0.15) is 11.6 Å². The molecular formula is C19H17FO6. The predicted molar refractivity (Wildman–Crippen MR) is 89.2 cm³/mol. The monoisotopic (exact) mass is 360 g/mol. The molecule has 6 nitrogen and oxygen atoms in total. The van der Waals surface area contributed by atoms with Crippen molar-refractivity contribution in [1.82, 2.24) is 0 Å². The summed E-state index contributed by atoms with van der Waals surface area (Å²) in [5.74, 6) is -0.0471. The maximum atomic E-state index is 12.8. The first-order valence-electron chi connectivity index (χ1n) is 8.08. The molecule has 0 atom stereocenters. The van der Waals surface area contributed by atoms with E-state index in [9.17, 15) is 14.0 Å². The highest BCUT2D eigenvalue weighted by atomic mass is 19.1. The van der Waals surface area contributed by atoms with Crippen LogP contribution in [-0.2, 0) is 9.53 Å². The Bertz CT molecular complexity index is 787. The number of carbonyl (C=O) groups excluding carboxylic acids is 2. The van der Waals surface area contributed by atoms with Crippen molar-refractivity contribution in [1.29, 1.82) is 0 Å². The van der Waals surface area contributed by atoms with Crippen LogP contribution in [-0.4, -0.2) is 38.2 Å². The Morgan fingerprint density at radius 1 is 0.962 bits per heavy atom. The molecule has 0 saturated heterocycles. The fourth-order valence-corrected chi connectivity index (χ4v) is 2.28. The van der Waals surface area contributed by atoms with Gasteiger partial charge in [0.15, 0.2) is 30.5 Å². The van der Waals surface area contributed by atoms with E-state index in [0.717, 1.165) is 6.42 Å². The number of fused-ring (bicyclic) bond motifs is 1. The molecule has 1 aliphatic heterocycles. The summed E-state index contributed by atoms with van der Waals surface area (Å²) < 4.78 is 33.9. The number of Topliss-reactive ketones (excluding diaryl/α,β-unsaturated/α-hetero) is 1. The summed E-state index contributed by atoms with van der Waals surface area (Å²) in [6, 6.07) is 10.1. The first kappa shape index (κ1) is 17.7. The van der Waals surface area contributed by atoms with Crippen LogP contribution >= 0.6 is 0 Å². The summed E-state index contributed by atoms with van der Waals surface area (Å²) in [7, 11) is 0. The van der Waals surface area contributed by atoms with E-state index in [2.05, 4.69) is 0 Å². The van der Waals surface area contributed by atoms with E-state index in [1.807, 2.05) is 0 Å². The highest BCUT2D eigenvalue weighted by Crippen LogP contribution is 2.30. The minimum Gasteiger partial charge on any atom is -0.490 e. The number of benzene rings is 2. The second kappa shape index (κ2) is 8.33. The van der Waals surface area contributed by atoms with Gasteiger partial charge in [-0.05, 0) is 42.5 Å². The Morgan fingerprint density at radius 2 is 1.69 bits per heavy atom. The molecule has 0 fully saturated rings. The van der Waals surface area contributed by atoms with Crippen molar-refractivity contribution in [2.24, 2.45) is 0 Å². The molecule has 0 saturated carbocycles. The maximum Gasteiger partial charge on any atom is 0.344 e. The van der Waals surface area contributed by atoms with E-state index >= 15 is 0 Å². The smallest absolute Gasteiger partial charge is 0.344 e. The highest BCUT2D eigenvalue weighted by Gasteiger charge is 2.15. The summed E-state index contributed by atoms with van der Waals surface area (Å²) >= 11 is 0. The molecule has 136 valence electrons. The summed E-state index contributed by atoms with van der Waals surface area (Å²) in [6.07, 6.45) is 0.767. The molecule has 0 radical (unpaired) electrons. The van der Waals surface area contributed by atoms with Gasteiger partial charge in [0.25, 0.3) is 0 Å². The Kier molecular flexibility index (Phi) is 5.68. The Labute approximate surface area is 149 Å². The summed E-state index contributed by atoms with van der Waals surface area (Å²) in [5.41, 5.74) is 0.363. The molecule has 26 heavy (non-hydrogen) atoms. The largest absolute Gasteiger partial charge is 0.490 e. The summed E-state index contributed by atoms with van der Waals surface area (Å²) in [4.78, 5) is 23.9. The summed E-state index contributed by atoms with van der Waals surface area (Å²) in [6.45, 7) is 0.289. The van der Waals surface area contributed by atoms with Crippen molar-refractivity contribution in [3.05, 3.63) is 53.8 Å². The molecule has 0 N–H and O–H groups in total. The number of esters is 1. The number of hydrogen-bond donors (Lipinski definition) is 0. The lowest BCUT2D eigenvalue weighted by molar-refractivity contribution is -0.144. The van der Waals surface area contributed by atoms with Gasteiger partial charge in [-0.25, -0.2) is 9.18 Å². The Hall–Kier alpha value is -3.09. The van der Waals surface area contributed by atoms with E-state index in [4.69, 9.17) is 18.9 Å². The highest BCUT2D eigenvalue weighted by molar-refractivity contribution is 5.98. The van der Waals surface area contributed by atoms with Gasteiger partial charge in [-0.15, -0.1) is 0 Å². The van der Waals surface area contributed by atoms with Gasteiger partial charge in [0, 0.05) is 12.0 Å². The van der Waals surface area contributed by atoms with Crippen LogP contribution in [0.2, 0.25) is 0 Å². The third kappa shape index (κ3) is 4.72. The molecule has 2 aromatic rings. The number of hydrogen-bond acceptors (Lipinski definition) is 6. The fourth-order valence-electron chi connectivity index (χ4n) is 2.28. The van der Waals surface area contributed by atoms with Crippen molar-refractivity contribution < 1.29 is 32.9 Å². The van der Waals surface area contributed by atoms with Crippen LogP contribution in [0, 0.1) is 5.82 Å². The Balaban J connectivity index is 1.49. The lowest BCUT2D eigenvalue weighted by Crippen LogP contribution is -2.19. The molecule has 7 heteroatoms. The minimum absolute atomic E-state index is 0.331. The Morgan fingerprint density at radius 3 is 2.46 bits per heavy atom. The second-order valence-electron chi connectivity index (χ2n) is 5.54. The van der Waals surface area contributed by atoms with Gasteiger partial charge in [-0.1, -0.05) is 0 Å². The zero-order chi connectivity index (χ0) is 18.4. The molecule has 0 spiro atoms. The molecule has 1 heterocycles. The van der Waals surface area contributed by atoms with Gasteiger partial charge in [-0.2, -0.15) is 0 Å². The van der Waals surface area contributed by atoms with Crippen LogP contribution in [0.1, 0.15) is 16.8 Å². The molecule has 2 aromatic carbocycles. The van der Waals surface area contributed by atoms with Gasteiger partial charge < -0.3 is 18.9 Å². The normalized spacial score (nSPS) is 12.8. The van der Waals surface area contributed by atoms with Crippen LogP contribution in [0.25, 0.3) is 0 Å². The van der Waals surface area contributed by atoms with Gasteiger partial charge >= 0.3 is 5.97 Å². The van der Waals surface area contributed by atoms with Crippen LogP contribution in [0.15, 0.2) is 42.5 Å². The number of carbonyl (C=O) groups is 2. The third-order valence-electron chi connectivity index (χ3n) is 3.60. The van der Waals surface area contributed by atoms with Crippen molar-refractivity contribution >= 4 is 11.8 Å². The van der Waals surface area contributed by atoms with Crippen LogP contribution in [0.3, 0.4) is 0 Å². The minimum atomic E-state index is -0.697. The standard InChI is InChI=1S/C19H17FO6/c20-14-3-5-15(6-4-14)25-12-19(22)26-11-16(21)13-2-7-17-18(10-13)24-9-1-8-23-17/h2-7,10H,1,8-9,11-12H2. The second-order valence-corrected chi connectivity index (χ2v) is 5.54. The summed E-state index contributed by atoms with van der Waals surface area (Å²) in [5, 5.41) is 0. The van der Waals surface area contributed by atoms with Gasteiger partial charge in [0.2, 0.25) is 0 Å². The topological polar surface area (TPSA) is 71.1 Å². The van der Waals surface area contributed by atoms with Crippen molar-refractivity contribution in [3.63, 3.8) is 0 Å². The van der Waals surface area contributed by atoms with E-state index < -0.39 is 18.4 Å². The number of ether oxygens (including phenoxy) is 4. The molecule has 0 aliphatic carbocycles. The van der Waals surface area contributed by atoms with E-state index in [1.54, 1.807) is 18.2 Å². The van der Waals surface area contributed by atoms with E-state index in [1.165, 1.54) is 24.3 Å². The van der Waals surface area contributed by atoms with Crippen molar-refractivity contribution in [2.75, 3.05) is 26.4 Å².